The van der Waals surface area contributed by atoms with E-state index in [0.29, 0.717) is 6.42 Å². The Morgan fingerprint density at radius 1 is 1.25 bits per heavy atom. The van der Waals surface area contributed by atoms with Crippen molar-refractivity contribution in [3.8, 4) is 5.75 Å². The van der Waals surface area contributed by atoms with Gasteiger partial charge in [0.2, 0.25) is 0 Å². The van der Waals surface area contributed by atoms with Crippen LogP contribution in [0.5, 0.6) is 5.75 Å². The first-order valence-electron chi connectivity index (χ1n) is 7.89. The first-order valence-corrected chi connectivity index (χ1v) is 7.89. The van der Waals surface area contributed by atoms with Crippen LogP contribution in [0.25, 0.3) is 0 Å². The molecule has 3 nitrogen and oxygen atoms in total. The lowest BCUT2D eigenvalue weighted by atomic mass is 10.1. The van der Waals surface area contributed by atoms with Crippen molar-refractivity contribution in [2.24, 2.45) is 0 Å². The van der Waals surface area contributed by atoms with Crippen molar-refractivity contribution < 1.29 is 14.8 Å². The molecule has 20 heavy (non-hydrogen) atoms. The zero-order valence-corrected chi connectivity index (χ0v) is 12.4. The third kappa shape index (κ3) is 4.64. The average Bonchev–Trinajstić information content (AvgIpc) is 3.00. The van der Waals surface area contributed by atoms with E-state index in [4.69, 9.17) is 4.74 Å². The highest BCUT2D eigenvalue weighted by molar-refractivity contribution is 5.95. The molecule has 0 amide bonds. The number of quaternary nitrogens is 1. The van der Waals surface area contributed by atoms with E-state index < -0.39 is 0 Å². The lowest BCUT2D eigenvalue weighted by Crippen LogP contribution is -2.89. The van der Waals surface area contributed by atoms with Crippen molar-refractivity contribution in [3.05, 3.63) is 29.8 Å². The third-order valence-electron chi connectivity index (χ3n) is 4.01. The summed E-state index contributed by atoms with van der Waals surface area (Å²) in [5.41, 5.74) is 0.773. The number of benzene rings is 1. The van der Waals surface area contributed by atoms with Crippen LogP contribution in [0.4, 0.5) is 0 Å². The van der Waals surface area contributed by atoms with Gasteiger partial charge in [0.05, 0.1) is 19.2 Å². The molecular formula is C17H26NO2+. The molecule has 0 aromatic heterocycles. The molecule has 0 heterocycles. The molecule has 0 saturated heterocycles. The summed E-state index contributed by atoms with van der Waals surface area (Å²) < 4.78 is 5.71. The average molecular weight is 276 g/mol. The van der Waals surface area contributed by atoms with E-state index in [1.807, 2.05) is 31.2 Å². The molecule has 1 aromatic carbocycles. The van der Waals surface area contributed by atoms with Crippen LogP contribution in [0.2, 0.25) is 0 Å². The molecule has 1 aliphatic rings. The normalized spacial score (nSPS) is 15.4. The maximum Gasteiger partial charge on any atom is 0.162 e. The summed E-state index contributed by atoms with van der Waals surface area (Å²) >= 11 is 0. The van der Waals surface area contributed by atoms with E-state index in [1.54, 1.807) is 0 Å². The monoisotopic (exact) mass is 276 g/mol. The molecule has 1 fully saturated rings. The molecule has 0 spiro atoms. The van der Waals surface area contributed by atoms with Gasteiger partial charge < -0.3 is 10.1 Å². The van der Waals surface area contributed by atoms with Crippen LogP contribution in [0.3, 0.4) is 0 Å². The molecule has 2 rings (SSSR count). The van der Waals surface area contributed by atoms with Crippen LogP contribution in [0.15, 0.2) is 24.3 Å². The Bertz CT molecular complexity index is 408. The topological polar surface area (TPSA) is 42.9 Å². The van der Waals surface area contributed by atoms with E-state index in [0.717, 1.165) is 36.9 Å². The number of ether oxygens (including phenoxy) is 1. The Labute approximate surface area is 121 Å². The van der Waals surface area contributed by atoms with Gasteiger partial charge in [0, 0.05) is 18.4 Å². The lowest BCUT2D eigenvalue weighted by Gasteiger charge is -2.09. The van der Waals surface area contributed by atoms with Crippen molar-refractivity contribution >= 4 is 5.78 Å². The van der Waals surface area contributed by atoms with Crippen LogP contribution < -0.4 is 10.1 Å². The van der Waals surface area contributed by atoms with Gasteiger partial charge in [0.15, 0.2) is 5.78 Å². The van der Waals surface area contributed by atoms with Crippen molar-refractivity contribution in [2.45, 2.75) is 51.5 Å². The number of Topliss-reactive ketones (excluding diaryl/α,β-unsaturated/α-hetero) is 1. The Hall–Kier alpha value is -1.35. The molecule has 0 unspecified atom stereocenters. The van der Waals surface area contributed by atoms with Gasteiger partial charge in [-0.2, -0.15) is 0 Å². The summed E-state index contributed by atoms with van der Waals surface area (Å²) in [4.78, 5) is 11.5. The van der Waals surface area contributed by atoms with Gasteiger partial charge in [-0.05, 0) is 49.9 Å². The molecule has 1 aromatic rings. The fraction of sp³-hybridized carbons (Fsp3) is 0.588. The minimum Gasteiger partial charge on any atom is -0.493 e. The second kappa shape index (κ2) is 8.05. The van der Waals surface area contributed by atoms with Crippen molar-refractivity contribution in [1.29, 1.82) is 0 Å². The Kier molecular flexibility index (Phi) is 6.06. The summed E-state index contributed by atoms with van der Waals surface area (Å²) in [6, 6.07) is 8.35. The predicted octanol–water partition coefficient (Wildman–Crippen LogP) is 2.55. The van der Waals surface area contributed by atoms with Crippen LogP contribution in [-0.4, -0.2) is 25.0 Å². The van der Waals surface area contributed by atoms with Crippen LogP contribution in [0.1, 0.15) is 55.8 Å². The SMILES string of the molecule is CCC(=O)c1ccc(OCCC[NH2+]C2CCCC2)cc1. The van der Waals surface area contributed by atoms with Gasteiger partial charge in [-0.15, -0.1) is 0 Å². The highest BCUT2D eigenvalue weighted by Crippen LogP contribution is 2.15. The Morgan fingerprint density at radius 3 is 2.60 bits per heavy atom. The quantitative estimate of drug-likeness (QED) is 0.586. The number of hydrogen-bond acceptors (Lipinski definition) is 2. The van der Waals surface area contributed by atoms with Crippen molar-refractivity contribution in [2.75, 3.05) is 13.2 Å². The Balaban J connectivity index is 1.62. The number of carbonyl (C=O) groups excluding carboxylic acids is 1. The van der Waals surface area contributed by atoms with Crippen molar-refractivity contribution in [3.63, 3.8) is 0 Å². The lowest BCUT2D eigenvalue weighted by molar-refractivity contribution is -0.688. The summed E-state index contributed by atoms with van der Waals surface area (Å²) in [5, 5.41) is 2.47. The van der Waals surface area contributed by atoms with Crippen LogP contribution >= 0.6 is 0 Å². The van der Waals surface area contributed by atoms with Gasteiger partial charge in [0.1, 0.15) is 5.75 Å². The maximum atomic E-state index is 11.5. The third-order valence-corrected chi connectivity index (χ3v) is 4.01. The first-order chi connectivity index (χ1) is 9.79. The molecule has 2 N–H and O–H groups in total. The van der Waals surface area contributed by atoms with Crippen LogP contribution in [0, 0.1) is 0 Å². The largest absolute Gasteiger partial charge is 0.493 e. The fourth-order valence-electron chi connectivity index (χ4n) is 2.76. The molecule has 1 saturated carbocycles. The Morgan fingerprint density at radius 2 is 1.95 bits per heavy atom. The summed E-state index contributed by atoms with van der Waals surface area (Å²) in [7, 11) is 0. The standard InChI is InChI=1S/C17H25NO2/c1-2-17(19)14-8-10-16(11-9-14)20-13-5-12-18-15-6-3-4-7-15/h8-11,15,18H,2-7,12-13H2,1H3/p+1. The summed E-state index contributed by atoms with van der Waals surface area (Å²) in [5.74, 6) is 1.04. The smallest absolute Gasteiger partial charge is 0.162 e. The minimum atomic E-state index is 0.183. The van der Waals surface area contributed by atoms with E-state index >= 15 is 0 Å². The van der Waals surface area contributed by atoms with Gasteiger partial charge in [-0.3, -0.25) is 4.79 Å². The fourth-order valence-corrected chi connectivity index (χ4v) is 2.76. The molecule has 0 bridgehead atoms. The summed E-state index contributed by atoms with van der Waals surface area (Å²) in [6.07, 6.45) is 7.20. The molecule has 0 aliphatic heterocycles. The van der Waals surface area contributed by atoms with Gasteiger partial charge in [0.25, 0.3) is 0 Å². The minimum absolute atomic E-state index is 0.183. The number of hydrogen-bond donors (Lipinski definition) is 1. The van der Waals surface area contributed by atoms with Crippen LogP contribution in [-0.2, 0) is 0 Å². The van der Waals surface area contributed by atoms with E-state index in [-0.39, 0.29) is 5.78 Å². The number of ketones is 1. The number of rotatable bonds is 8. The molecule has 0 atom stereocenters. The molecule has 110 valence electrons. The highest BCUT2D eigenvalue weighted by atomic mass is 16.5. The van der Waals surface area contributed by atoms with E-state index in [9.17, 15) is 4.79 Å². The van der Waals surface area contributed by atoms with Crippen molar-refractivity contribution in [1.82, 2.24) is 0 Å². The predicted molar refractivity (Wildman–Crippen MR) is 80.2 cm³/mol. The molecule has 0 radical (unpaired) electrons. The first kappa shape index (κ1) is 15.0. The molecule has 1 aliphatic carbocycles. The van der Waals surface area contributed by atoms with E-state index in [1.165, 1.54) is 25.7 Å². The highest BCUT2D eigenvalue weighted by Gasteiger charge is 2.16. The molecule has 3 heteroatoms. The van der Waals surface area contributed by atoms with Gasteiger partial charge >= 0.3 is 0 Å². The molecular weight excluding hydrogens is 250 g/mol. The number of carbonyl (C=O) groups is 1. The second-order valence-corrected chi connectivity index (χ2v) is 5.57. The number of nitrogens with two attached hydrogens (primary N) is 1. The van der Waals surface area contributed by atoms with Gasteiger partial charge in [-0.1, -0.05) is 6.92 Å². The zero-order valence-electron chi connectivity index (χ0n) is 12.4. The second-order valence-electron chi connectivity index (χ2n) is 5.57. The van der Waals surface area contributed by atoms with E-state index in [2.05, 4.69) is 5.32 Å². The maximum absolute atomic E-state index is 11.5. The zero-order chi connectivity index (χ0) is 14.2. The summed E-state index contributed by atoms with van der Waals surface area (Å²) in [6.45, 7) is 3.79. The van der Waals surface area contributed by atoms with Gasteiger partial charge in [-0.25, -0.2) is 0 Å².